The molecule has 0 amide bonds. The molecule has 15 heteroatoms. The zero-order chi connectivity index (χ0) is 34.5. The van der Waals surface area contributed by atoms with Gasteiger partial charge in [-0.05, 0) is 110 Å². The number of aliphatic hydroxyl groups excluding tert-OH is 1. The van der Waals surface area contributed by atoms with Gasteiger partial charge >= 0.3 is 21.0 Å². The molecule has 0 aromatic heterocycles. The van der Waals surface area contributed by atoms with Gasteiger partial charge in [-0.1, -0.05) is 18.2 Å². The fourth-order valence-electron chi connectivity index (χ4n) is 3.59. The molecule has 3 N–H and O–H groups in total. The second-order valence-electron chi connectivity index (χ2n) is 12.1. The molecule has 0 saturated carbocycles. The van der Waals surface area contributed by atoms with Crippen LogP contribution in [0.1, 0.15) is 83.6 Å². The summed E-state index contributed by atoms with van der Waals surface area (Å²) >= 11 is 0. The first-order valence-corrected chi connectivity index (χ1v) is 15.6. The largest absolute Gasteiger partial charge is 0.493 e. The van der Waals surface area contributed by atoms with Gasteiger partial charge in [0, 0.05) is 39.3 Å². The van der Waals surface area contributed by atoms with E-state index in [0.717, 1.165) is 18.2 Å². The van der Waals surface area contributed by atoms with E-state index in [9.17, 15) is 31.5 Å². The summed E-state index contributed by atoms with van der Waals surface area (Å²) in [6.45, 7) is 13.0. The molecule has 7 nitrogen and oxygen atoms in total. The second-order valence-corrected chi connectivity index (χ2v) is 13.2. The molecule has 2 aromatic carbocycles. The number of halogens is 6. The number of hydrogen-bond donors (Lipinski definition) is 3. The zero-order valence-electron chi connectivity index (χ0n) is 27.4. The Kier molecular flexibility index (Phi) is 20.2. The van der Waals surface area contributed by atoms with E-state index in [2.05, 4.69) is 5.48 Å². The summed E-state index contributed by atoms with van der Waals surface area (Å²) in [6.07, 6.45) is -7.97. The molecule has 2 aromatic rings. The van der Waals surface area contributed by atoms with E-state index in [1.807, 2.05) is 41.5 Å². The van der Waals surface area contributed by atoms with E-state index < -0.39 is 49.3 Å². The number of hydroxylamine groups is 1. The molecule has 1 unspecified atom stereocenters. The Morgan fingerprint density at radius 3 is 1.78 bits per heavy atom. The molecule has 261 valence electrons. The van der Waals surface area contributed by atoms with Gasteiger partial charge in [-0.25, -0.2) is 5.48 Å². The molecule has 0 aliphatic rings. The molecule has 0 saturated heterocycles. The topological polar surface area (TPSA) is 89.4 Å². The predicted octanol–water partition coefficient (Wildman–Crippen LogP) is 8.89. The van der Waals surface area contributed by atoms with Gasteiger partial charge in [-0.2, -0.15) is 26.3 Å². The maximum absolute atomic E-state index is 13.8. The molecule has 46 heavy (non-hydrogen) atoms. The Morgan fingerprint density at radius 1 is 0.804 bits per heavy atom. The van der Waals surface area contributed by atoms with Crippen molar-refractivity contribution in [2.24, 2.45) is 0 Å². The predicted molar refractivity (Wildman–Crippen MR) is 161 cm³/mol. The van der Waals surface area contributed by atoms with Crippen LogP contribution < -0.4 is 10.2 Å². The Morgan fingerprint density at radius 2 is 1.33 bits per heavy atom. The minimum absolute atomic E-state index is 0. The Bertz CT molecular complexity index is 1110. The number of hydrogen-bond acceptors (Lipinski definition) is 7. The third kappa shape index (κ3) is 19.2. The summed E-state index contributed by atoms with van der Waals surface area (Å²) < 4.78 is 102. The smallest absolute Gasteiger partial charge is 0.419 e. The van der Waals surface area contributed by atoms with Gasteiger partial charge in [0.05, 0.1) is 41.6 Å². The van der Waals surface area contributed by atoms with Gasteiger partial charge in [0.25, 0.3) is 0 Å². The molecule has 2 rings (SSSR count). The molecular weight excluding hydrogens is 716 g/mol. The van der Waals surface area contributed by atoms with Crippen molar-refractivity contribution in [3.05, 3.63) is 64.7 Å². The molecule has 1 radical (unpaired) electrons. The van der Waals surface area contributed by atoms with Crippen LogP contribution in [0.5, 0.6) is 5.75 Å². The number of nitrogens with one attached hydrogen (secondary N) is 1. The average Bonchev–Trinajstić information content (AvgIpc) is 2.89. The van der Waals surface area contributed by atoms with Crippen LogP contribution >= 0.6 is 8.60 Å². The summed E-state index contributed by atoms with van der Waals surface area (Å²) in [4.78, 5) is 0. The second kappa shape index (κ2) is 20.6. The van der Waals surface area contributed by atoms with Gasteiger partial charge in [0.1, 0.15) is 5.75 Å². The van der Waals surface area contributed by atoms with Crippen molar-refractivity contribution in [2.75, 3.05) is 19.8 Å². The van der Waals surface area contributed by atoms with Crippen LogP contribution in [0.4, 0.5) is 26.3 Å². The number of aliphatic hydroxyl groups is 1. The van der Waals surface area contributed by atoms with E-state index in [1.54, 1.807) is 6.92 Å². The van der Waals surface area contributed by atoms with E-state index in [4.69, 9.17) is 23.4 Å². The van der Waals surface area contributed by atoms with Crippen molar-refractivity contribution in [3.8, 4) is 5.75 Å². The van der Waals surface area contributed by atoms with Crippen LogP contribution in [0.3, 0.4) is 0 Å². The minimum atomic E-state index is -4.67. The van der Waals surface area contributed by atoms with Crippen LogP contribution in [0.2, 0.25) is 0 Å². The SMILES string of the molecule is CC(C)(C)OP(OCC(CCc1ccc(OCCCc2ccc(C(F)(F)F)cc2)c(C(F)(F)F)c1)NO)OC(C)(C)C.CCO.[Y]. The number of benzene rings is 2. The van der Waals surface area contributed by atoms with E-state index in [0.29, 0.717) is 24.0 Å². The maximum Gasteiger partial charge on any atom is 0.419 e. The van der Waals surface area contributed by atoms with E-state index in [1.165, 1.54) is 24.3 Å². The monoisotopic (exact) mass is 762 g/mol. The van der Waals surface area contributed by atoms with E-state index >= 15 is 0 Å². The molecule has 0 spiro atoms. The first kappa shape index (κ1) is 45.1. The molecule has 0 fully saturated rings. The van der Waals surface area contributed by atoms with Gasteiger partial charge in [0.15, 0.2) is 0 Å². The molecule has 1 atom stereocenters. The van der Waals surface area contributed by atoms with Gasteiger partial charge in [-0.3, -0.25) is 0 Å². The van der Waals surface area contributed by atoms with Crippen molar-refractivity contribution in [2.45, 2.75) is 104 Å². The van der Waals surface area contributed by atoms with E-state index in [-0.39, 0.29) is 71.1 Å². The summed E-state index contributed by atoms with van der Waals surface area (Å²) in [6, 6.07) is 7.81. The van der Waals surface area contributed by atoms with Crippen LogP contribution in [-0.4, -0.2) is 47.4 Å². The van der Waals surface area contributed by atoms with Gasteiger partial charge in [-0.15, -0.1) is 0 Å². The quantitative estimate of drug-likeness (QED) is 0.0767. The van der Waals surface area contributed by atoms with Crippen LogP contribution in [0.15, 0.2) is 42.5 Å². The molecule has 0 aliphatic heterocycles. The molecule has 0 heterocycles. The normalized spacial score (nSPS) is 13.1. The summed E-state index contributed by atoms with van der Waals surface area (Å²) in [7, 11) is -1.76. The maximum atomic E-state index is 13.8. The van der Waals surface area contributed by atoms with Crippen molar-refractivity contribution in [1.29, 1.82) is 0 Å². The molecule has 0 bridgehead atoms. The van der Waals surface area contributed by atoms with Crippen LogP contribution in [0, 0.1) is 0 Å². The van der Waals surface area contributed by atoms with Crippen molar-refractivity contribution in [1.82, 2.24) is 5.48 Å². The summed E-state index contributed by atoms with van der Waals surface area (Å²) in [5.41, 5.74) is 0.370. The summed E-state index contributed by atoms with van der Waals surface area (Å²) in [5, 5.41) is 17.2. The third-order valence-corrected chi connectivity index (χ3v) is 7.29. The van der Waals surface area contributed by atoms with Gasteiger partial charge < -0.3 is 28.6 Å². The van der Waals surface area contributed by atoms with Crippen molar-refractivity contribution in [3.63, 3.8) is 0 Å². The Hall–Kier alpha value is -0.886. The number of rotatable bonds is 14. The number of ether oxygens (including phenoxy) is 1. The summed E-state index contributed by atoms with van der Waals surface area (Å²) in [5.74, 6) is -0.330. The fourth-order valence-corrected chi connectivity index (χ4v) is 4.93. The standard InChI is InChI=1S/C29H40F6NO5P.C2H6O.Y/c1-26(2,3)40-42(41-27(4,5)6)39-19-23(36-37)15-11-21-12-16-25(24(18-21)29(33,34)35)38-17-7-8-20-9-13-22(14-10-20)28(30,31)32;1-2-3;/h9-10,12-14,16,18,23,36-37H,7-8,11,15,17,19H2,1-6H3;3H,2H2,1H3;. The first-order chi connectivity index (χ1) is 20.7. The molecular formula is C31H46F6NO6PY. The Balaban J connectivity index is 0.00000486. The average molecular weight is 763 g/mol. The number of aryl methyl sites for hydroxylation is 2. The van der Waals surface area contributed by atoms with Gasteiger partial charge in [0.2, 0.25) is 0 Å². The van der Waals surface area contributed by atoms with Crippen LogP contribution in [0.25, 0.3) is 0 Å². The minimum Gasteiger partial charge on any atom is -0.493 e. The zero-order valence-corrected chi connectivity index (χ0v) is 31.1. The first-order valence-electron chi connectivity index (χ1n) is 14.5. The molecule has 0 aliphatic carbocycles. The Labute approximate surface area is 294 Å². The number of alkyl halides is 6. The third-order valence-electron chi connectivity index (χ3n) is 5.54. The fraction of sp³-hybridized carbons (Fsp3) is 0.613. The van der Waals surface area contributed by atoms with Crippen molar-refractivity contribution < 1.29 is 87.7 Å². The van der Waals surface area contributed by atoms with Crippen LogP contribution in [-0.2, 0) is 71.5 Å². The van der Waals surface area contributed by atoms with Crippen molar-refractivity contribution >= 4 is 8.60 Å².